The van der Waals surface area contributed by atoms with Crippen molar-refractivity contribution in [3.63, 3.8) is 0 Å². The normalized spacial score (nSPS) is 32.5. The summed E-state index contributed by atoms with van der Waals surface area (Å²) in [7, 11) is 0. The second-order valence-electron chi connectivity index (χ2n) is 7.67. The molecule has 0 heteroatoms. The number of hydrogen-bond donors (Lipinski definition) is 0. The van der Waals surface area contributed by atoms with Gasteiger partial charge in [-0.05, 0) is 80.6 Å². The van der Waals surface area contributed by atoms with E-state index in [1.54, 1.807) is 5.56 Å². The van der Waals surface area contributed by atoms with E-state index >= 15 is 0 Å². The molecule has 2 aliphatic rings. The SMILES string of the molecule is C=CCCC1CCC(C2CCC(c3ccccc3)CC2)CC1. The van der Waals surface area contributed by atoms with Crippen molar-refractivity contribution in [2.75, 3.05) is 0 Å². The summed E-state index contributed by atoms with van der Waals surface area (Å²) in [6, 6.07) is 11.2. The fraction of sp³-hybridized carbons (Fsp3) is 0.636. The molecule has 0 heterocycles. The molecule has 0 aromatic heterocycles. The Morgan fingerprint density at radius 1 is 0.818 bits per heavy atom. The average molecular weight is 296 g/mol. The lowest BCUT2D eigenvalue weighted by atomic mass is 9.68. The number of allylic oxidation sites excluding steroid dienone is 1. The maximum atomic E-state index is 3.87. The molecule has 0 unspecified atom stereocenters. The fourth-order valence-corrected chi connectivity index (χ4v) is 4.95. The molecular formula is C22H32. The summed E-state index contributed by atoms with van der Waals surface area (Å²) in [4.78, 5) is 0. The molecule has 0 aliphatic heterocycles. The summed E-state index contributed by atoms with van der Waals surface area (Å²) in [5.74, 6) is 3.90. The Balaban J connectivity index is 1.43. The molecule has 0 amide bonds. The molecule has 22 heavy (non-hydrogen) atoms. The molecule has 2 aliphatic carbocycles. The largest absolute Gasteiger partial charge is 0.103 e. The van der Waals surface area contributed by atoms with Gasteiger partial charge in [0.05, 0.1) is 0 Å². The van der Waals surface area contributed by atoms with Crippen LogP contribution in [-0.4, -0.2) is 0 Å². The van der Waals surface area contributed by atoms with Crippen LogP contribution in [0.5, 0.6) is 0 Å². The van der Waals surface area contributed by atoms with Gasteiger partial charge in [0, 0.05) is 0 Å². The topological polar surface area (TPSA) is 0 Å². The summed E-state index contributed by atoms with van der Waals surface area (Å²) in [6.07, 6.45) is 16.5. The smallest absolute Gasteiger partial charge is 0.0162 e. The van der Waals surface area contributed by atoms with Crippen LogP contribution >= 0.6 is 0 Å². The number of rotatable bonds is 5. The van der Waals surface area contributed by atoms with E-state index in [1.165, 1.54) is 64.2 Å². The molecule has 0 N–H and O–H groups in total. The van der Waals surface area contributed by atoms with Crippen molar-refractivity contribution >= 4 is 0 Å². The van der Waals surface area contributed by atoms with E-state index in [0.29, 0.717) is 0 Å². The molecule has 0 nitrogen and oxygen atoms in total. The molecule has 1 aromatic carbocycles. The van der Waals surface area contributed by atoms with Gasteiger partial charge in [0.15, 0.2) is 0 Å². The molecular weight excluding hydrogens is 264 g/mol. The zero-order valence-electron chi connectivity index (χ0n) is 14.1. The zero-order chi connectivity index (χ0) is 15.2. The molecule has 120 valence electrons. The minimum Gasteiger partial charge on any atom is -0.103 e. The van der Waals surface area contributed by atoms with E-state index in [1.807, 2.05) is 0 Å². The monoisotopic (exact) mass is 296 g/mol. The first-order chi connectivity index (χ1) is 10.9. The highest BCUT2D eigenvalue weighted by molar-refractivity contribution is 5.19. The predicted octanol–water partition coefficient (Wildman–Crippen LogP) is 6.73. The highest BCUT2D eigenvalue weighted by Gasteiger charge is 2.30. The molecule has 0 bridgehead atoms. The van der Waals surface area contributed by atoms with Crippen LogP contribution in [0.2, 0.25) is 0 Å². The first-order valence-corrected chi connectivity index (χ1v) is 9.52. The number of benzene rings is 1. The lowest BCUT2D eigenvalue weighted by Gasteiger charge is -2.38. The molecule has 3 rings (SSSR count). The van der Waals surface area contributed by atoms with Gasteiger partial charge in [0.2, 0.25) is 0 Å². The molecule has 0 spiro atoms. The van der Waals surface area contributed by atoms with Crippen LogP contribution in [0, 0.1) is 17.8 Å². The number of hydrogen-bond acceptors (Lipinski definition) is 0. The van der Waals surface area contributed by atoms with E-state index in [2.05, 4.69) is 43.0 Å². The van der Waals surface area contributed by atoms with Crippen molar-refractivity contribution in [2.45, 2.75) is 70.1 Å². The minimum atomic E-state index is 0.835. The Morgan fingerprint density at radius 3 is 2.00 bits per heavy atom. The van der Waals surface area contributed by atoms with Gasteiger partial charge in [0.1, 0.15) is 0 Å². The first-order valence-electron chi connectivity index (χ1n) is 9.52. The first kappa shape index (κ1) is 15.8. The van der Waals surface area contributed by atoms with Crippen LogP contribution in [0.1, 0.15) is 75.7 Å². The molecule has 2 saturated carbocycles. The van der Waals surface area contributed by atoms with E-state index in [4.69, 9.17) is 0 Å². The van der Waals surface area contributed by atoms with Crippen molar-refractivity contribution in [1.82, 2.24) is 0 Å². The van der Waals surface area contributed by atoms with Crippen molar-refractivity contribution in [2.24, 2.45) is 17.8 Å². The Bertz CT molecular complexity index is 430. The Kier molecular flexibility index (Phi) is 5.76. The highest BCUT2D eigenvalue weighted by atomic mass is 14.4. The minimum absolute atomic E-state index is 0.835. The summed E-state index contributed by atoms with van der Waals surface area (Å²) < 4.78 is 0. The van der Waals surface area contributed by atoms with Gasteiger partial charge in [-0.2, -0.15) is 0 Å². The Hall–Kier alpha value is -1.04. The van der Waals surface area contributed by atoms with Crippen molar-refractivity contribution in [1.29, 1.82) is 0 Å². The van der Waals surface area contributed by atoms with Crippen LogP contribution in [-0.2, 0) is 0 Å². The van der Waals surface area contributed by atoms with Crippen LogP contribution in [0.3, 0.4) is 0 Å². The summed E-state index contributed by atoms with van der Waals surface area (Å²) in [5.41, 5.74) is 1.58. The second-order valence-corrected chi connectivity index (χ2v) is 7.67. The van der Waals surface area contributed by atoms with Crippen molar-refractivity contribution in [3.05, 3.63) is 48.6 Å². The summed E-state index contributed by atoms with van der Waals surface area (Å²) in [5, 5.41) is 0. The Morgan fingerprint density at radius 2 is 1.41 bits per heavy atom. The maximum absolute atomic E-state index is 3.87. The Labute approximate surface area is 137 Å². The summed E-state index contributed by atoms with van der Waals surface area (Å²) >= 11 is 0. The lowest BCUT2D eigenvalue weighted by Crippen LogP contribution is -2.25. The maximum Gasteiger partial charge on any atom is -0.0162 e. The van der Waals surface area contributed by atoms with Gasteiger partial charge in [-0.1, -0.05) is 49.2 Å². The van der Waals surface area contributed by atoms with Gasteiger partial charge in [-0.15, -0.1) is 6.58 Å². The third kappa shape index (κ3) is 4.03. The molecule has 2 fully saturated rings. The summed E-state index contributed by atoms with van der Waals surface area (Å²) in [6.45, 7) is 3.87. The van der Waals surface area contributed by atoms with Gasteiger partial charge in [-0.3, -0.25) is 0 Å². The van der Waals surface area contributed by atoms with Crippen LogP contribution in [0.25, 0.3) is 0 Å². The van der Waals surface area contributed by atoms with Crippen LogP contribution in [0.4, 0.5) is 0 Å². The second kappa shape index (κ2) is 7.99. The fourth-order valence-electron chi connectivity index (χ4n) is 4.95. The molecule has 0 atom stereocenters. The van der Waals surface area contributed by atoms with Crippen LogP contribution in [0.15, 0.2) is 43.0 Å². The lowest BCUT2D eigenvalue weighted by molar-refractivity contribution is 0.157. The van der Waals surface area contributed by atoms with Gasteiger partial charge in [-0.25, -0.2) is 0 Å². The van der Waals surface area contributed by atoms with Gasteiger partial charge >= 0.3 is 0 Å². The van der Waals surface area contributed by atoms with Crippen LogP contribution < -0.4 is 0 Å². The highest BCUT2D eigenvalue weighted by Crippen LogP contribution is 2.44. The molecule has 0 radical (unpaired) electrons. The van der Waals surface area contributed by atoms with Gasteiger partial charge < -0.3 is 0 Å². The molecule has 0 saturated heterocycles. The third-order valence-corrected chi connectivity index (χ3v) is 6.38. The van der Waals surface area contributed by atoms with Gasteiger partial charge in [0.25, 0.3) is 0 Å². The average Bonchev–Trinajstić information content (AvgIpc) is 2.61. The standard InChI is InChI=1S/C22H32/c1-2-3-7-18-10-12-20(13-11-18)22-16-14-21(15-17-22)19-8-5-4-6-9-19/h2,4-6,8-9,18,20-22H,1,3,7,10-17H2. The predicted molar refractivity (Wildman–Crippen MR) is 96.0 cm³/mol. The van der Waals surface area contributed by atoms with E-state index < -0.39 is 0 Å². The zero-order valence-corrected chi connectivity index (χ0v) is 14.1. The van der Waals surface area contributed by atoms with Crippen molar-refractivity contribution < 1.29 is 0 Å². The third-order valence-electron chi connectivity index (χ3n) is 6.38. The van der Waals surface area contributed by atoms with E-state index in [0.717, 1.165) is 23.7 Å². The quantitative estimate of drug-likeness (QED) is 0.528. The molecule has 1 aromatic rings. The van der Waals surface area contributed by atoms with Crippen molar-refractivity contribution in [3.8, 4) is 0 Å². The van der Waals surface area contributed by atoms with E-state index in [9.17, 15) is 0 Å². The van der Waals surface area contributed by atoms with E-state index in [-0.39, 0.29) is 0 Å².